The topological polar surface area (TPSA) is 67.4 Å². The molecule has 2 amide bonds. The first-order valence-electron chi connectivity index (χ1n) is 7.73. The molecule has 2 atom stereocenters. The Morgan fingerprint density at radius 1 is 1.35 bits per heavy atom. The van der Waals surface area contributed by atoms with Crippen LogP contribution in [0.5, 0.6) is 5.75 Å². The SMILES string of the molecule is CC(C)(C)[C@H]1CNC(=O)[C@H]1C(=O)NCCOc1ccc(F)cc1. The average molecular weight is 322 g/mol. The molecule has 23 heavy (non-hydrogen) atoms. The van der Waals surface area contributed by atoms with E-state index >= 15 is 0 Å². The van der Waals surface area contributed by atoms with Crippen LogP contribution in [0.3, 0.4) is 0 Å². The van der Waals surface area contributed by atoms with Gasteiger partial charge in [-0.05, 0) is 29.7 Å². The molecule has 1 aromatic carbocycles. The third kappa shape index (κ3) is 4.43. The van der Waals surface area contributed by atoms with Gasteiger partial charge in [0, 0.05) is 12.5 Å². The second-order valence-corrected chi connectivity index (χ2v) is 6.79. The van der Waals surface area contributed by atoms with Gasteiger partial charge in [0.1, 0.15) is 24.1 Å². The van der Waals surface area contributed by atoms with Gasteiger partial charge in [-0.3, -0.25) is 9.59 Å². The molecule has 0 aliphatic carbocycles. The lowest BCUT2D eigenvalue weighted by Gasteiger charge is -2.29. The van der Waals surface area contributed by atoms with Gasteiger partial charge in [0.25, 0.3) is 0 Å². The number of benzene rings is 1. The van der Waals surface area contributed by atoms with E-state index in [1.807, 2.05) is 20.8 Å². The van der Waals surface area contributed by atoms with Gasteiger partial charge in [-0.2, -0.15) is 0 Å². The van der Waals surface area contributed by atoms with Crippen LogP contribution in [-0.4, -0.2) is 31.5 Å². The number of nitrogens with one attached hydrogen (secondary N) is 2. The lowest BCUT2D eigenvalue weighted by molar-refractivity contribution is -0.135. The Labute approximate surface area is 135 Å². The highest BCUT2D eigenvalue weighted by Gasteiger charge is 2.45. The largest absolute Gasteiger partial charge is 0.492 e. The van der Waals surface area contributed by atoms with Gasteiger partial charge in [-0.25, -0.2) is 4.39 Å². The second kappa shape index (κ2) is 6.98. The molecule has 6 heteroatoms. The van der Waals surface area contributed by atoms with Crippen LogP contribution in [0.4, 0.5) is 4.39 Å². The normalized spacial score (nSPS) is 21.0. The van der Waals surface area contributed by atoms with Crippen molar-refractivity contribution < 1.29 is 18.7 Å². The molecule has 1 heterocycles. The van der Waals surface area contributed by atoms with Crippen molar-refractivity contribution in [3.8, 4) is 5.75 Å². The maximum absolute atomic E-state index is 12.8. The maximum Gasteiger partial charge on any atom is 0.233 e. The molecule has 1 fully saturated rings. The van der Waals surface area contributed by atoms with Gasteiger partial charge in [-0.15, -0.1) is 0 Å². The summed E-state index contributed by atoms with van der Waals surface area (Å²) in [6.45, 7) is 7.14. The molecule has 0 saturated carbocycles. The van der Waals surface area contributed by atoms with Gasteiger partial charge in [0.05, 0.1) is 6.54 Å². The standard InChI is InChI=1S/C17H23FN2O3/c1-17(2,3)13-10-20-16(22)14(13)15(21)19-8-9-23-12-6-4-11(18)5-7-12/h4-7,13-14H,8-10H2,1-3H3,(H,19,21)(H,20,22)/t13-,14+/m0/s1. The zero-order valence-electron chi connectivity index (χ0n) is 13.7. The van der Waals surface area contributed by atoms with Gasteiger partial charge in [-0.1, -0.05) is 20.8 Å². The first-order valence-corrected chi connectivity index (χ1v) is 7.73. The molecule has 2 rings (SSSR count). The summed E-state index contributed by atoms with van der Waals surface area (Å²) in [7, 11) is 0. The minimum Gasteiger partial charge on any atom is -0.492 e. The minimum absolute atomic E-state index is 0.0342. The molecule has 0 spiro atoms. The number of carbonyl (C=O) groups is 2. The van der Waals surface area contributed by atoms with Crippen molar-refractivity contribution in [1.82, 2.24) is 10.6 Å². The summed E-state index contributed by atoms with van der Waals surface area (Å²) >= 11 is 0. The molecule has 0 bridgehead atoms. The predicted molar refractivity (Wildman–Crippen MR) is 84.3 cm³/mol. The summed E-state index contributed by atoms with van der Waals surface area (Å²) in [5.74, 6) is -0.990. The van der Waals surface area contributed by atoms with Gasteiger partial charge in [0.2, 0.25) is 11.8 Å². The number of hydrogen-bond donors (Lipinski definition) is 2. The Kier molecular flexibility index (Phi) is 5.23. The maximum atomic E-state index is 12.8. The van der Waals surface area contributed by atoms with Crippen molar-refractivity contribution in [3.63, 3.8) is 0 Å². The number of rotatable bonds is 5. The van der Waals surface area contributed by atoms with Crippen molar-refractivity contribution >= 4 is 11.8 Å². The molecular weight excluding hydrogens is 299 g/mol. The van der Waals surface area contributed by atoms with Crippen LogP contribution >= 0.6 is 0 Å². The monoisotopic (exact) mass is 322 g/mol. The molecule has 5 nitrogen and oxygen atoms in total. The molecule has 126 valence electrons. The molecule has 0 radical (unpaired) electrons. The number of hydrogen-bond acceptors (Lipinski definition) is 3. The third-order valence-electron chi connectivity index (χ3n) is 4.06. The van der Waals surface area contributed by atoms with E-state index in [0.29, 0.717) is 12.3 Å². The fourth-order valence-corrected chi connectivity index (χ4v) is 2.71. The highest BCUT2D eigenvalue weighted by Crippen LogP contribution is 2.35. The first-order chi connectivity index (χ1) is 10.8. The summed E-state index contributed by atoms with van der Waals surface area (Å²) in [6, 6.07) is 5.67. The molecular formula is C17H23FN2O3. The second-order valence-electron chi connectivity index (χ2n) is 6.79. The summed E-state index contributed by atoms with van der Waals surface area (Å²) in [6.07, 6.45) is 0. The number of ether oxygens (including phenoxy) is 1. The third-order valence-corrected chi connectivity index (χ3v) is 4.06. The van der Waals surface area contributed by atoms with E-state index < -0.39 is 5.92 Å². The first kappa shape index (κ1) is 17.2. The Bertz CT molecular complexity index is 566. The molecule has 1 aliphatic rings. The van der Waals surface area contributed by atoms with E-state index in [0.717, 1.165) is 0 Å². The summed E-state index contributed by atoms with van der Waals surface area (Å²) < 4.78 is 18.2. The number of amides is 2. The van der Waals surface area contributed by atoms with Crippen molar-refractivity contribution in [1.29, 1.82) is 0 Å². The van der Waals surface area contributed by atoms with E-state index in [2.05, 4.69) is 10.6 Å². The minimum atomic E-state index is -0.666. The summed E-state index contributed by atoms with van der Waals surface area (Å²) in [5.41, 5.74) is -0.133. The predicted octanol–water partition coefficient (Wildman–Crippen LogP) is 1.73. The van der Waals surface area contributed by atoms with Crippen LogP contribution < -0.4 is 15.4 Å². The summed E-state index contributed by atoms with van der Waals surface area (Å²) in [5, 5.41) is 5.50. The van der Waals surface area contributed by atoms with E-state index in [9.17, 15) is 14.0 Å². The van der Waals surface area contributed by atoms with E-state index in [-0.39, 0.29) is 42.1 Å². The lowest BCUT2D eigenvalue weighted by Crippen LogP contribution is -2.42. The Morgan fingerprint density at radius 2 is 2.00 bits per heavy atom. The fourth-order valence-electron chi connectivity index (χ4n) is 2.71. The Morgan fingerprint density at radius 3 is 2.61 bits per heavy atom. The Hall–Kier alpha value is -2.11. The summed E-state index contributed by atoms with van der Waals surface area (Å²) in [4.78, 5) is 24.2. The zero-order valence-corrected chi connectivity index (χ0v) is 13.7. The van der Waals surface area contributed by atoms with E-state index in [1.165, 1.54) is 24.3 Å². The van der Waals surface area contributed by atoms with Crippen LogP contribution in [0.2, 0.25) is 0 Å². The molecule has 1 saturated heterocycles. The van der Waals surface area contributed by atoms with Crippen LogP contribution in [0.15, 0.2) is 24.3 Å². The molecule has 0 aromatic heterocycles. The highest BCUT2D eigenvalue weighted by atomic mass is 19.1. The number of carbonyl (C=O) groups excluding carboxylic acids is 2. The smallest absolute Gasteiger partial charge is 0.233 e. The molecule has 1 aliphatic heterocycles. The van der Waals surface area contributed by atoms with E-state index in [1.54, 1.807) is 0 Å². The van der Waals surface area contributed by atoms with Crippen LogP contribution in [0, 0.1) is 23.1 Å². The quantitative estimate of drug-likeness (QED) is 0.641. The average Bonchev–Trinajstić information content (AvgIpc) is 2.87. The van der Waals surface area contributed by atoms with Gasteiger partial charge in [0.15, 0.2) is 0 Å². The highest BCUT2D eigenvalue weighted by molar-refractivity contribution is 6.02. The zero-order chi connectivity index (χ0) is 17.0. The van der Waals surface area contributed by atoms with Gasteiger partial charge < -0.3 is 15.4 Å². The fraction of sp³-hybridized carbons (Fsp3) is 0.529. The van der Waals surface area contributed by atoms with E-state index in [4.69, 9.17) is 4.74 Å². The molecule has 1 aromatic rings. The van der Waals surface area contributed by atoms with Crippen LogP contribution in [-0.2, 0) is 9.59 Å². The lowest BCUT2D eigenvalue weighted by atomic mass is 9.74. The van der Waals surface area contributed by atoms with Crippen molar-refractivity contribution in [3.05, 3.63) is 30.1 Å². The molecule has 0 unspecified atom stereocenters. The number of halogens is 1. The van der Waals surface area contributed by atoms with Crippen LogP contribution in [0.1, 0.15) is 20.8 Å². The van der Waals surface area contributed by atoms with Crippen LogP contribution in [0.25, 0.3) is 0 Å². The van der Waals surface area contributed by atoms with Crippen molar-refractivity contribution in [2.24, 2.45) is 17.3 Å². The van der Waals surface area contributed by atoms with Gasteiger partial charge >= 0.3 is 0 Å². The molecule has 2 N–H and O–H groups in total. The van der Waals surface area contributed by atoms with Crippen molar-refractivity contribution in [2.75, 3.05) is 19.7 Å². The Balaban J connectivity index is 1.82. The van der Waals surface area contributed by atoms with Crippen molar-refractivity contribution in [2.45, 2.75) is 20.8 Å².